The minimum atomic E-state index is -1.26. The zero-order valence-corrected chi connectivity index (χ0v) is 26.9. The molecule has 1 aliphatic heterocycles. The fourth-order valence-electron chi connectivity index (χ4n) is 5.04. The van der Waals surface area contributed by atoms with Crippen molar-refractivity contribution in [2.24, 2.45) is 5.92 Å². The number of piperidine rings is 1. The summed E-state index contributed by atoms with van der Waals surface area (Å²) in [5.41, 5.74) is 2.17. The van der Waals surface area contributed by atoms with Crippen molar-refractivity contribution in [3.05, 3.63) is 95.8 Å². The van der Waals surface area contributed by atoms with Crippen molar-refractivity contribution in [1.82, 2.24) is 4.90 Å². The van der Waals surface area contributed by atoms with Crippen LogP contribution in [0.5, 0.6) is 11.5 Å². The predicted octanol–water partition coefficient (Wildman–Crippen LogP) is 4.75. The van der Waals surface area contributed by atoms with Gasteiger partial charge in [0.2, 0.25) is 5.91 Å². The summed E-state index contributed by atoms with van der Waals surface area (Å²) in [5.74, 6) is -2.29. The van der Waals surface area contributed by atoms with Crippen molar-refractivity contribution < 1.29 is 48.0 Å². The lowest BCUT2D eigenvalue weighted by Gasteiger charge is -2.33. The highest BCUT2D eigenvalue weighted by Gasteiger charge is 2.27. The number of ether oxygens (including phenoxy) is 2. The first-order valence-electron chi connectivity index (χ1n) is 15.0. The Balaban J connectivity index is 0.000000694. The van der Waals surface area contributed by atoms with E-state index in [0.29, 0.717) is 66.4 Å². The minimum absolute atomic E-state index is 0.0475. The standard InChI is InChI=1S/C31H34FN3O5.C4H4O4/c1-21(36)33-28-13-6-24(20-29(28)40-3)31(38)35(26-9-11-27(39-2)12-10-26)19-18-34-16-14-23(15-17-34)30(37)22-4-7-25(32)8-5-22;5-3(6)1-2-4(7)8/h4-13,20,23H,14-19H2,1-3H3,(H,33,36);1-2H,(H,5,6)(H,7,8)/b;2-1+. The van der Waals surface area contributed by atoms with Gasteiger partial charge in [-0.1, -0.05) is 0 Å². The van der Waals surface area contributed by atoms with E-state index in [-0.39, 0.29) is 29.3 Å². The number of methoxy groups -OCH3 is 2. The number of Topliss-reactive ketones (excluding diaryl/α,β-unsaturated/α-hetero) is 1. The van der Waals surface area contributed by atoms with Crippen LogP contribution in [0.4, 0.5) is 15.8 Å². The highest BCUT2D eigenvalue weighted by Crippen LogP contribution is 2.28. The van der Waals surface area contributed by atoms with Gasteiger partial charge in [-0.25, -0.2) is 14.0 Å². The fraction of sp³-hybridized carbons (Fsp3) is 0.286. The number of aliphatic carboxylic acids is 2. The van der Waals surface area contributed by atoms with Crippen molar-refractivity contribution in [3.63, 3.8) is 0 Å². The number of amides is 2. The van der Waals surface area contributed by atoms with E-state index in [4.69, 9.17) is 19.7 Å². The molecular formula is C35H38FN3O9. The van der Waals surface area contributed by atoms with Crippen LogP contribution in [0.25, 0.3) is 0 Å². The lowest BCUT2D eigenvalue weighted by Crippen LogP contribution is -2.42. The van der Waals surface area contributed by atoms with Crippen LogP contribution >= 0.6 is 0 Å². The van der Waals surface area contributed by atoms with E-state index in [2.05, 4.69) is 10.2 Å². The summed E-state index contributed by atoms with van der Waals surface area (Å²) in [6.45, 7) is 3.90. The summed E-state index contributed by atoms with van der Waals surface area (Å²) in [6.07, 6.45) is 2.52. The van der Waals surface area contributed by atoms with Gasteiger partial charge in [0.15, 0.2) is 5.78 Å². The molecule has 0 spiro atoms. The molecule has 13 heteroatoms. The molecule has 1 heterocycles. The van der Waals surface area contributed by atoms with Crippen LogP contribution < -0.4 is 19.7 Å². The Hall–Kier alpha value is -5.56. The Kier molecular flexibility index (Phi) is 13.8. The number of benzene rings is 3. The molecule has 4 rings (SSSR count). The van der Waals surface area contributed by atoms with E-state index >= 15 is 0 Å². The third kappa shape index (κ3) is 11.1. The average molecular weight is 664 g/mol. The van der Waals surface area contributed by atoms with E-state index in [1.807, 2.05) is 24.3 Å². The Morgan fingerprint density at radius 2 is 1.46 bits per heavy atom. The number of anilines is 2. The van der Waals surface area contributed by atoms with E-state index in [9.17, 15) is 28.4 Å². The van der Waals surface area contributed by atoms with Gasteiger partial charge < -0.3 is 34.8 Å². The van der Waals surface area contributed by atoms with Gasteiger partial charge in [0.1, 0.15) is 17.3 Å². The number of carboxylic acids is 2. The molecule has 0 atom stereocenters. The molecule has 0 saturated carbocycles. The molecule has 254 valence electrons. The molecule has 3 aromatic rings. The van der Waals surface area contributed by atoms with Crippen LogP contribution in [-0.4, -0.2) is 85.0 Å². The van der Waals surface area contributed by atoms with Gasteiger partial charge in [0, 0.05) is 54.9 Å². The SMILES string of the molecule is COc1ccc(N(CCN2CCC(C(=O)c3ccc(F)cc3)CC2)C(=O)c2ccc(NC(C)=O)c(OC)c2)cc1.O=C(O)/C=C/C(=O)O. The second kappa shape index (κ2) is 18.0. The zero-order valence-electron chi connectivity index (χ0n) is 26.9. The normalized spacial score (nSPS) is 13.2. The van der Waals surface area contributed by atoms with Gasteiger partial charge in [-0.2, -0.15) is 0 Å². The third-order valence-electron chi connectivity index (χ3n) is 7.48. The van der Waals surface area contributed by atoms with E-state index in [1.165, 1.54) is 26.2 Å². The van der Waals surface area contributed by atoms with Gasteiger partial charge in [-0.05, 0) is 92.7 Å². The molecule has 12 nitrogen and oxygen atoms in total. The van der Waals surface area contributed by atoms with Gasteiger partial charge in [0.05, 0.1) is 19.9 Å². The van der Waals surface area contributed by atoms with Crippen molar-refractivity contribution >= 4 is 40.9 Å². The largest absolute Gasteiger partial charge is 0.497 e. The maximum absolute atomic E-state index is 13.8. The van der Waals surface area contributed by atoms with E-state index in [0.717, 1.165) is 18.8 Å². The van der Waals surface area contributed by atoms with Gasteiger partial charge >= 0.3 is 11.9 Å². The first kappa shape index (κ1) is 36.9. The van der Waals surface area contributed by atoms with Gasteiger partial charge in [0.25, 0.3) is 5.91 Å². The fourth-order valence-corrected chi connectivity index (χ4v) is 5.04. The van der Waals surface area contributed by atoms with Crippen LogP contribution in [0, 0.1) is 11.7 Å². The number of likely N-dealkylation sites (tertiary alicyclic amines) is 1. The molecule has 0 bridgehead atoms. The highest BCUT2D eigenvalue weighted by atomic mass is 19.1. The average Bonchev–Trinajstić information content (AvgIpc) is 3.08. The Labute approximate surface area is 277 Å². The molecule has 0 unspecified atom stereocenters. The number of hydrogen-bond acceptors (Lipinski definition) is 8. The summed E-state index contributed by atoms with van der Waals surface area (Å²) in [6, 6.07) is 18.0. The topological polar surface area (TPSA) is 163 Å². The number of hydrogen-bond donors (Lipinski definition) is 3. The van der Waals surface area contributed by atoms with Gasteiger partial charge in [-0.3, -0.25) is 14.4 Å². The van der Waals surface area contributed by atoms with Crippen molar-refractivity contribution in [1.29, 1.82) is 0 Å². The third-order valence-corrected chi connectivity index (χ3v) is 7.48. The second-order valence-electron chi connectivity index (χ2n) is 10.7. The van der Waals surface area contributed by atoms with E-state index < -0.39 is 11.9 Å². The van der Waals surface area contributed by atoms with Crippen LogP contribution in [0.3, 0.4) is 0 Å². The maximum Gasteiger partial charge on any atom is 0.328 e. The molecule has 1 aliphatic rings. The number of nitrogens with zero attached hydrogens (tertiary/aromatic N) is 2. The van der Waals surface area contributed by atoms with Crippen molar-refractivity contribution in [2.45, 2.75) is 19.8 Å². The van der Waals surface area contributed by atoms with Crippen LogP contribution in [0.2, 0.25) is 0 Å². The Morgan fingerprint density at radius 3 is 1.98 bits per heavy atom. The number of carbonyl (C=O) groups is 5. The van der Waals surface area contributed by atoms with Crippen LogP contribution in [0.1, 0.15) is 40.5 Å². The summed E-state index contributed by atoms with van der Waals surface area (Å²) in [4.78, 5) is 61.2. The summed E-state index contributed by atoms with van der Waals surface area (Å²) in [7, 11) is 3.08. The maximum atomic E-state index is 13.8. The summed E-state index contributed by atoms with van der Waals surface area (Å²) in [5, 5.41) is 18.3. The van der Waals surface area contributed by atoms with Gasteiger partial charge in [-0.15, -0.1) is 0 Å². The number of halogens is 1. The first-order valence-corrected chi connectivity index (χ1v) is 15.0. The lowest BCUT2D eigenvalue weighted by molar-refractivity contribution is -0.134. The predicted molar refractivity (Wildman–Crippen MR) is 176 cm³/mol. The number of ketones is 1. The Morgan fingerprint density at radius 1 is 0.875 bits per heavy atom. The second-order valence-corrected chi connectivity index (χ2v) is 10.7. The molecule has 2 amide bonds. The Bertz CT molecular complexity index is 1600. The smallest absolute Gasteiger partial charge is 0.328 e. The van der Waals surface area contributed by atoms with Crippen LogP contribution in [0.15, 0.2) is 78.9 Å². The number of carboxylic acid groups (broad SMARTS) is 2. The number of nitrogens with one attached hydrogen (secondary N) is 1. The van der Waals surface area contributed by atoms with Crippen molar-refractivity contribution in [2.75, 3.05) is 50.6 Å². The molecule has 1 fully saturated rings. The summed E-state index contributed by atoms with van der Waals surface area (Å²) >= 11 is 0. The minimum Gasteiger partial charge on any atom is -0.497 e. The number of rotatable bonds is 12. The van der Waals surface area contributed by atoms with Crippen molar-refractivity contribution in [3.8, 4) is 11.5 Å². The van der Waals surface area contributed by atoms with Crippen LogP contribution in [-0.2, 0) is 14.4 Å². The quantitative estimate of drug-likeness (QED) is 0.182. The van der Waals surface area contributed by atoms with E-state index in [1.54, 1.807) is 42.3 Å². The molecule has 0 radical (unpaired) electrons. The first-order chi connectivity index (χ1) is 22.9. The molecule has 0 aliphatic carbocycles. The summed E-state index contributed by atoms with van der Waals surface area (Å²) < 4.78 is 23.9. The highest BCUT2D eigenvalue weighted by molar-refractivity contribution is 6.07. The molecule has 1 saturated heterocycles. The molecule has 48 heavy (non-hydrogen) atoms. The molecule has 3 N–H and O–H groups in total. The monoisotopic (exact) mass is 663 g/mol. The lowest BCUT2D eigenvalue weighted by atomic mass is 9.89. The molecule has 0 aromatic heterocycles. The molecular weight excluding hydrogens is 625 g/mol. The number of carbonyl (C=O) groups excluding carboxylic acids is 3. The zero-order chi connectivity index (χ0) is 35.2. The molecule has 3 aromatic carbocycles.